The number of nitrogens with zero attached hydrogens (tertiary/aromatic N) is 3. The maximum Gasteiger partial charge on any atom is 0.332 e. The number of rotatable bonds is 3. The molecule has 0 saturated carbocycles. The van der Waals surface area contributed by atoms with Gasteiger partial charge >= 0.3 is 5.69 Å². The minimum Gasteiger partial charge on any atom is -0.479 e. The van der Waals surface area contributed by atoms with Gasteiger partial charge in [-0.2, -0.15) is 5.11 Å². The number of fused-ring (bicyclic) bond motifs is 3. The molecule has 2 aliphatic rings. The van der Waals surface area contributed by atoms with Gasteiger partial charge in [0.15, 0.2) is 12.0 Å². The van der Waals surface area contributed by atoms with Gasteiger partial charge in [0.05, 0.1) is 22.3 Å². The van der Waals surface area contributed by atoms with Crippen molar-refractivity contribution in [3.8, 4) is 23.8 Å². The predicted molar refractivity (Wildman–Crippen MR) is 89.0 cm³/mol. The number of halogens is 1. The molecule has 1 aromatic carbocycles. The molecule has 0 fully saturated rings. The number of benzene rings is 1. The molecule has 0 radical (unpaired) electrons. The molecule has 2 unspecified atom stereocenters. The van der Waals surface area contributed by atoms with Crippen LogP contribution in [0.5, 0.6) is 5.75 Å². The standard InChI is InChI=1S/C16H12ClN5O2/c1-2-7-24-12-4-3-9(8-11(12)17)22-13-10-5-6-18-14(10)20-21-15(13)19-16(22)23/h1,3-6,8,10,14,18H,7H2,(H,19,23). The van der Waals surface area contributed by atoms with E-state index >= 15 is 0 Å². The number of terminal acetylenes is 1. The lowest BCUT2D eigenvalue weighted by molar-refractivity contribution is 0.370. The van der Waals surface area contributed by atoms with Crippen molar-refractivity contribution >= 4 is 17.4 Å². The Bertz CT molecular complexity index is 966. The Labute approximate surface area is 142 Å². The van der Waals surface area contributed by atoms with Crippen molar-refractivity contribution in [3.63, 3.8) is 0 Å². The van der Waals surface area contributed by atoms with Crippen LogP contribution >= 0.6 is 11.6 Å². The zero-order valence-corrected chi connectivity index (χ0v) is 13.1. The molecular formula is C16H12ClN5O2. The molecule has 0 spiro atoms. The summed E-state index contributed by atoms with van der Waals surface area (Å²) in [5, 5.41) is 11.7. The number of azo groups is 1. The predicted octanol–water partition coefficient (Wildman–Crippen LogP) is 2.45. The topological polar surface area (TPSA) is 83.8 Å². The first-order chi connectivity index (χ1) is 11.7. The van der Waals surface area contributed by atoms with E-state index in [1.807, 2.05) is 12.3 Å². The van der Waals surface area contributed by atoms with Crippen LogP contribution in [0.4, 0.5) is 5.82 Å². The van der Waals surface area contributed by atoms with Crippen LogP contribution in [0.25, 0.3) is 5.69 Å². The Morgan fingerprint density at radius 1 is 1.46 bits per heavy atom. The summed E-state index contributed by atoms with van der Waals surface area (Å²) in [6.07, 6.45) is 8.75. The van der Waals surface area contributed by atoms with E-state index in [9.17, 15) is 4.79 Å². The number of imidazole rings is 1. The number of hydrogen-bond acceptors (Lipinski definition) is 5. The molecule has 4 rings (SSSR count). The van der Waals surface area contributed by atoms with Crippen LogP contribution in [-0.4, -0.2) is 22.3 Å². The van der Waals surface area contributed by atoms with E-state index in [0.717, 1.165) is 5.69 Å². The number of hydrogen-bond donors (Lipinski definition) is 2. The summed E-state index contributed by atoms with van der Waals surface area (Å²) < 4.78 is 6.91. The summed E-state index contributed by atoms with van der Waals surface area (Å²) in [6.45, 7) is 0.124. The van der Waals surface area contributed by atoms with Crippen molar-refractivity contribution in [2.45, 2.75) is 12.1 Å². The third-order valence-corrected chi connectivity index (χ3v) is 4.20. The van der Waals surface area contributed by atoms with Crippen LogP contribution in [0.2, 0.25) is 5.02 Å². The second-order valence-corrected chi connectivity index (χ2v) is 5.73. The molecule has 2 aliphatic heterocycles. The first kappa shape index (κ1) is 14.6. The lowest BCUT2D eigenvalue weighted by Gasteiger charge is -2.20. The minimum atomic E-state index is -0.298. The molecule has 1 aromatic heterocycles. The highest BCUT2D eigenvalue weighted by atomic mass is 35.5. The lowest BCUT2D eigenvalue weighted by Crippen LogP contribution is -2.27. The fraction of sp³-hybridized carbons (Fsp3) is 0.188. The highest BCUT2D eigenvalue weighted by Crippen LogP contribution is 2.38. The summed E-state index contributed by atoms with van der Waals surface area (Å²) in [5.74, 6) is 3.23. The molecular weight excluding hydrogens is 330 g/mol. The van der Waals surface area contributed by atoms with Crippen molar-refractivity contribution < 1.29 is 4.74 Å². The minimum absolute atomic E-state index is 0.0763. The largest absolute Gasteiger partial charge is 0.479 e. The van der Waals surface area contributed by atoms with E-state index in [4.69, 9.17) is 22.8 Å². The van der Waals surface area contributed by atoms with E-state index in [2.05, 4.69) is 26.4 Å². The second-order valence-electron chi connectivity index (χ2n) is 5.32. The average Bonchev–Trinajstić information content (AvgIpc) is 3.16. The van der Waals surface area contributed by atoms with Gasteiger partial charge in [-0.1, -0.05) is 23.6 Å². The summed E-state index contributed by atoms with van der Waals surface area (Å²) in [6, 6.07) is 5.10. The molecule has 24 heavy (non-hydrogen) atoms. The highest BCUT2D eigenvalue weighted by Gasteiger charge is 2.34. The van der Waals surface area contributed by atoms with Gasteiger partial charge in [0.2, 0.25) is 0 Å². The molecule has 120 valence electrons. The number of nitrogens with one attached hydrogen (secondary N) is 2. The summed E-state index contributed by atoms with van der Waals surface area (Å²) >= 11 is 6.24. The molecule has 2 aromatic rings. The van der Waals surface area contributed by atoms with Gasteiger partial charge in [-0.25, -0.2) is 4.79 Å². The van der Waals surface area contributed by atoms with E-state index in [0.29, 0.717) is 22.3 Å². The van der Waals surface area contributed by atoms with E-state index in [1.165, 1.54) is 0 Å². The summed E-state index contributed by atoms with van der Waals surface area (Å²) in [7, 11) is 0. The van der Waals surface area contributed by atoms with Crippen LogP contribution in [0.15, 0.2) is 45.5 Å². The molecule has 3 heterocycles. The zero-order valence-electron chi connectivity index (χ0n) is 12.4. The fourth-order valence-electron chi connectivity index (χ4n) is 2.87. The maximum atomic E-state index is 12.4. The Hall–Kier alpha value is -2.98. The number of aromatic nitrogens is 2. The van der Waals surface area contributed by atoms with Crippen LogP contribution < -0.4 is 15.7 Å². The first-order valence-electron chi connectivity index (χ1n) is 7.23. The normalized spacial score (nSPS) is 20.2. The van der Waals surface area contributed by atoms with Gasteiger partial charge in [0.1, 0.15) is 12.4 Å². The van der Waals surface area contributed by atoms with Gasteiger partial charge in [-0.3, -0.25) is 9.55 Å². The van der Waals surface area contributed by atoms with Crippen molar-refractivity contribution in [2.75, 3.05) is 6.61 Å². The number of aromatic amines is 1. The highest BCUT2D eigenvalue weighted by molar-refractivity contribution is 6.32. The molecule has 8 heteroatoms. The molecule has 7 nitrogen and oxygen atoms in total. The van der Waals surface area contributed by atoms with Crippen LogP contribution in [0.1, 0.15) is 11.6 Å². The van der Waals surface area contributed by atoms with Crippen molar-refractivity contribution in [3.05, 3.63) is 51.7 Å². The molecule has 2 atom stereocenters. The number of H-pyrrole nitrogens is 1. The Balaban J connectivity index is 1.81. The van der Waals surface area contributed by atoms with Gasteiger partial charge in [0, 0.05) is 0 Å². The van der Waals surface area contributed by atoms with Crippen molar-refractivity contribution in [1.29, 1.82) is 0 Å². The van der Waals surface area contributed by atoms with Gasteiger partial charge in [0.25, 0.3) is 0 Å². The van der Waals surface area contributed by atoms with E-state index < -0.39 is 0 Å². The van der Waals surface area contributed by atoms with Gasteiger partial charge in [-0.15, -0.1) is 11.5 Å². The van der Waals surface area contributed by atoms with Crippen LogP contribution in [0, 0.1) is 12.3 Å². The third kappa shape index (κ3) is 2.20. The Kier molecular flexibility index (Phi) is 3.40. The lowest BCUT2D eigenvalue weighted by atomic mass is 10.0. The first-order valence-corrected chi connectivity index (χ1v) is 7.61. The fourth-order valence-corrected chi connectivity index (χ4v) is 3.10. The SMILES string of the molecule is C#CCOc1ccc(-n2c3c([nH]c2=O)N=NC2NC=CC32)cc1Cl. The summed E-state index contributed by atoms with van der Waals surface area (Å²) in [5.41, 5.74) is 1.06. The quantitative estimate of drug-likeness (QED) is 0.841. The van der Waals surface area contributed by atoms with Gasteiger partial charge in [-0.05, 0) is 24.4 Å². The second kappa shape index (κ2) is 5.58. The maximum absolute atomic E-state index is 12.4. The monoisotopic (exact) mass is 341 g/mol. The summed E-state index contributed by atoms with van der Waals surface area (Å²) in [4.78, 5) is 15.2. The zero-order chi connectivity index (χ0) is 16.7. The third-order valence-electron chi connectivity index (χ3n) is 3.91. The van der Waals surface area contributed by atoms with Crippen LogP contribution in [-0.2, 0) is 0 Å². The van der Waals surface area contributed by atoms with Crippen molar-refractivity contribution in [2.24, 2.45) is 10.2 Å². The molecule has 0 saturated heterocycles. The average molecular weight is 342 g/mol. The molecule has 0 aliphatic carbocycles. The van der Waals surface area contributed by atoms with Gasteiger partial charge < -0.3 is 10.1 Å². The smallest absolute Gasteiger partial charge is 0.332 e. The molecule has 2 N–H and O–H groups in total. The van der Waals surface area contributed by atoms with E-state index in [-0.39, 0.29) is 24.4 Å². The Morgan fingerprint density at radius 2 is 2.33 bits per heavy atom. The molecule has 0 bridgehead atoms. The Morgan fingerprint density at radius 3 is 3.12 bits per heavy atom. The number of ether oxygens (including phenoxy) is 1. The molecule has 0 amide bonds. The van der Waals surface area contributed by atoms with Crippen molar-refractivity contribution in [1.82, 2.24) is 14.9 Å². The van der Waals surface area contributed by atoms with Crippen LogP contribution in [0.3, 0.4) is 0 Å². The van der Waals surface area contributed by atoms with E-state index in [1.54, 1.807) is 22.8 Å².